The van der Waals surface area contributed by atoms with E-state index in [-0.39, 0.29) is 5.41 Å². The van der Waals surface area contributed by atoms with Gasteiger partial charge < -0.3 is 5.32 Å². The lowest BCUT2D eigenvalue weighted by Crippen LogP contribution is -2.28. The quantitative estimate of drug-likeness (QED) is 0.758. The minimum absolute atomic E-state index is 0.158. The van der Waals surface area contributed by atoms with E-state index in [1.165, 1.54) is 27.8 Å². The van der Waals surface area contributed by atoms with E-state index in [9.17, 15) is 0 Å². The molecular formula is C15H21N. The monoisotopic (exact) mass is 215 g/mol. The Morgan fingerprint density at radius 2 is 1.62 bits per heavy atom. The van der Waals surface area contributed by atoms with Crippen molar-refractivity contribution in [3.8, 4) is 0 Å². The van der Waals surface area contributed by atoms with E-state index in [2.05, 4.69) is 58.3 Å². The molecule has 1 aliphatic rings. The molecule has 0 radical (unpaired) electrons. The van der Waals surface area contributed by atoms with Gasteiger partial charge in [0.1, 0.15) is 0 Å². The lowest BCUT2D eigenvalue weighted by Gasteiger charge is -2.28. The van der Waals surface area contributed by atoms with Crippen molar-refractivity contribution in [2.75, 3.05) is 6.54 Å². The molecule has 1 N–H and O–H groups in total. The van der Waals surface area contributed by atoms with Crippen molar-refractivity contribution in [1.29, 1.82) is 0 Å². The number of benzene rings is 1. The Balaban J connectivity index is 2.68. The van der Waals surface area contributed by atoms with Gasteiger partial charge in [0.15, 0.2) is 0 Å². The van der Waals surface area contributed by atoms with E-state index in [1.807, 2.05) is 0 Å². The van der Waals surface area contributed by atoms with E-state index in [4.69, 9.17) is 0 Å². The lowest BCUT2D eigenvalue weighted by atomic mass is 9.76. The minimum atomic E-state index is 0.158. The summed E-state index contributed by atoms with van der Waals surface area (Å²) >= 11 is 0. The Kier molecular flexibility index (Phi) is 2.57. The van der Waals surface area contributed by atoms with Crippen molar-refractivity contribution in [2.24, 2.45) is 0 Å². The molecule has 1 unspecified atom stereocenters. The Bertz CT molecular complexity index is 431. The third kappa shape index (κ3) is 1.55. The summed E-state index contributed by atoms with van der Waals surface area (Å²) in [6, 6.07) is 2.30. The number of aryl methyl sites for hydroxylation is 2. The zero-order valence-electron chi connectivity index (χ0n) is 10.9. The molecule has 0 spiro atoms. The van der Waals surface area contributed by atoms with Crippen LogP contribution in [0.3, 0.4) is 0 Å². The Morgan fingerprint density at radius 3 is 2.06 bits per heavy atom. The van der Waals surface area contributed by atoms with E-state index in [0.29, 0.717) is 0 Å². The minimum Gasteiger partial charge on any atom is -0.390 e. The van der Waals surface area contributed by atoms with Crippen LogP contribution in [-0.2, 0) is 5.41 Å². The van der Waals surface area contributed by atoms with Gasteiger partial charge in [0.05, 0.1) is 0 Å². The first-order valence-corrected chi connectivity index (χ1v) is 5.95. The fraction of sp³-hybridized carbons (Fsp3) is 0.467. The molecule has 86 valence electrons. The fourth-order valence-corrected chi connectivity index (χ4v) is 2.82. The third-order valence-corrected chi connectivity index (χ3v) is 3.98. The second-order valence-corrected chi connectivity index (χ2v) is 5.27. The lowest BCUT2D eigenvalue weighted by molar-refractivity contribution is 0.596. The van der Waals surface area contributed by atoms with Crippen LogP contribution in [0.5, 0.6) is 0 Å². The van der Waals surface area contributed by atoms with Crippen LogP contribution in [0.2, 0.25) is 0 Å². The maximum atomic E-state index is 3.32. The van der Waals surface area contributed by atoms with Gasteiger partial charge >= 0.3 is 0 Å². The maximum absolute atomic E-state index is 3.32. The second-order valence-electron chi connectivity index (χ2n) is 5.27. The van der Waals surface area contributed by atoms with Crippen LogP contribution in [0.25, 0.3) is 0 Å². The van der Waals surface area contributed by atoms with Gasteiger partial charge in [0.2, 0.25) is 0 Å². The van der Waals surface area contributed by atoms with Crippen molar-refractivity contribution in [3.63, 3.8) is 0 Å². The summed E-state index contributed by atoms with van der Waals surface area (Å²) in [5.74, 6) is 0. The normalized spacial score (nSPS) is 23.6. The summed E-state index contributed by atoms with van der Waals surface area (Å²) in [5, 5.41) is 3.32. The van der Waals surface area contributed by atoms with Crippen LogP contribution in [0.15, 0.2) is 18.3 Å². The standard InChI is InChI=1S/C15H21N/c1-10-8-11(2)13(4)14(12(10)3)15(5)6-7-16-9-15/h6-8,16H,9H2,1-5H3. The molecule has 1 heteroatoms. The molecule has 2 rings (SSSR count). The van der Waals surface area contributed by atoms with Crippen LogP contribution >= 0.6 is 0 Å². The predicted octanol–water partition coefficient (Wildman–Crippen LogP) is 3.29. The zero-order valence-corrected chi connectivity index (χ0v) is 10.9. The summed E-state index contributed by atoms with van der Waals surface area (Å²) < 4.78 is 0. The summed E-state index contributed by atoms with van der Waals surface area (Å²) in [6.07, 6.45) is 4.37. The van der Waals surface area contributed by atoms with Crippen LogP contribution in [-0.4, -0.2) is 6.54 Å². The first-order chi connectivity index (χ1) is 7.46. The Hall–Kier alpha value is -1.24. The third-order valence-electron chi connectivity index (χ3n) is 3.98. The number of hydrogen-bond acceptors (Lipinski definition) is 1. The zero-order chi connectivity index (χ0) is 11.9. The van der Waals surface area contributed by atoms with Crippen LogP contribution in [0, 0.1) is 27.7 Å². The van der Waals surface area contributed by atoms with Gasteiger partial charge in [0, 0.05) is 12.0 Å². The molecule has 16 heavy (non-hydrogen) atoms. The average molecular weight is 215 g/mol. The molecule has 0 saturated heterocycles. The van der Waals surface area contributed by atoms with Crippen LogP contribution in [0.1, 0.15) is 34.7 Å². The maximum Gasteiger partial charge on any atom is 0.0298 e. The molecule has 0 bridgehead atoms. The van der Waals surface area contributed by atoms with Gasteiger partial charge in [-0.1, -0.05) is 19.1 Å². The average Bonchev–Trinajstić information content (AvgIpc) is 2.63. The molecule has 0 aromatic heterocycles. The first-order valence-electron chi connectivity index (χ1n) is 5.95. The molecule has 1 heterocycles. The van der Waals surface area contributed by atoms with Gasteiger partial charge in [-0.05, 0) is 61.7 Å². The summed E-state index contributed by atoms with van der Waals surface area (Å²) in [5.41, 5.74) is 7.36. The van der Waals surface area contributed by atoms with Gasteiger partial charge in [-0.2, -0.15) is 0 Å². The molecule has 0 aliphatic carbocycles. The highest BCUT2D eigenvalue weighted by Crippen LogP contribution is 2.35. The van der Waals surface area contributed by atoms with Gasteiger partial charge in [-0.25, -0.2) is 0 Å². The fourth-order valence-electron chi connectivity index (χ4n) is 2.82. The molecule has 0 fully saturated rings. The highest BCUT2D eigenvalue weighted by molar-refractivity contribution is 5.50. The van der Waals surface area contributed by atoms with Gasteiger partial charge in [-0.15, -0.1) is 0 Å². The molecule has 1 atom stereocenters. The Labute approximate surface area is 98.6 Å². The molecule has 1 nitrogen and oxygen atoms in total. The van der Waals surface area contributed by atoms with E-state index >= 15 is 0 Å². The van der Waals surface area contributed by atoms with E-state index in [1.54, 1.807) is 0 Å². The topological polar surface area (TPSA) is 12.0 Å². The largest absolute Gasteiger partial charge is 0.390 e. The highest BCUT2D eigenvalue weighted by Gasteiger charge is 2.30. The number of nitrogens with one attached hydrogen (secondary N) is 1. The van der Waals surface area contributed by atoms with Gasteiger partial charge in [0.25, 0.3) is 0 Å². The predicted molar refractivity (Wildman–Crippen MR) is 69.9 cm³/mol. The second kappa shape index (κ2) is 3.65. The summed E-state index contributed by atoms with van der Waals surface area (Å²) in [4.78, 5) is 0. The van der Waals surface area contributed by atoms with E-state index < -0.39 is 0 Å². The van der Waals surface area contributed by atoms with Crippen molar-refractivity contribution in [2.45, 2.75) is 40.0 Å². The van der Waals surface area contributed by atoms with Crippen molar-refractivity contribution in [1.82, 2.24) is 5.32 Å². The molecule has 1 aromatic rings. The highest BCUT2D eigenvalue weighted by atomic mass is 14.9. The molecular weight excluding hydrogens is 194 g/mol. The van der Waals surface area contributed by atoms with Crippen molar-refractivity contribution >= 4 is 0 Å². The summed E-state index contributed by atoms with van der Waals surface area (Å²) in [6.45, 7) is 12.2. The number of hydrogen-bond donors (Lipinski definition) is 1. The Morgan fingerprint density at radius 1 is 1.06 bits per heavy atom. The molecule has 0 saturated carbocycles. The molecule has 0 amide bonds. The van der Waals surface area contributed by atoms with Crippen molar-refractivity contribution < 1.29 is 0 Å². The SMILES string of the molecule is Cc1cc(C)c(C)c(C2(C)C=CNC2)c1C. The first kappa shape index (κ1) is 11.3. The van der Waals surface area contributed by atoms with Crippen LogP contribution in [0.4, 0.5) is 0 Å². The smallest absolute Gasteiger partial charge is 0.0298 e. The van der Waals surface area contributed by atoms with Crippen molar-refractivity contribution in [3.05, 3.63) is 46.2 Å². The number of rotatable bonds is 1. The van der Waals surface area contributed by atoms with E-state index in [0.717, 1.165) is 6.54 Å². The van der Waals surface area contributed by atoms with Gasteiger partial charge in [-0.3, -0.25) is 0 Å². The molecule has 1 aliphatic heterocycles. The van der Waals surface area contributed by atoms with Crippen LogP contribution < -0.4 is 5.32 Å². The summed E-state index contributed by atoms with van der Waals surface area (Å²) in [7, 11) is 0. The molecule has 1 aromatic carbocycles.